The lowest BCUT2D eigenvalue weighted by Crippen LogP contribution is -2.30. The van der Waals surface area contributed by atoms with Crippen LogP contribution >= 0.6 is 0 Å². The first kappa shape index (κ1) is 16.7. The number of aromatic nitrogens is 4. The Morgan fingerprint density at radius 1 is 0.750 bits per heavy atom. The fourth-order valence-electron chi connectivity index (χ4n) is 3.57. The second kappa shape index (κ2) is 7.31. The minimum Gasteiger partial charge on any atom is -0.457 e. The maximum atomic E-state index is 5.96. The van der Waals surface area contributed by atoms with Gasteiger partial charge in [-0.15, -0.1) is 15.3 Å². The third-order valence-electron chi connectivity index (χ3n) is 5.00. The topological polar surface area (TPSA) is 55.6 Å². The van der Waals surface area contributed by atoms with E-state index in [9.17, 15) is 0 Å². The van der Waals surface area contributed by atoms with E-state index in [-0.39, 0.29) is 0 Å². The fraction of sp³-hybridized carbons (Fsp3) is 0.227. The number of rotatable bonds is 4. The minimum atomic E-state index is 0.715. The largest absolute Gasteiger partial charge is 0.457 e. The molecule has 1 aliphatic heterocycles. The Labute approximate surface area is 163 Å². The maximum absolute atomic E-state index is 5.96. The van der Waals surface area contributed by atoms with Crippen molar-refractivity contribution in [2.45, 2.75) is 19.3 Å². The average molecular weight is 371 g/mol. The molecule has 6 nitrogen and oxygen atoms in total. The Kier molecular flexibility index (Phi) is 4.37. The summed E-state index contributed by atoms with van der Waals surface area (Å²) in [6.45, 7) is 2.10. The summed E-state index contributed by atoms with van der Waals surface area (Å²) < 4.78 is 7.79. The molecule has 0 unspecified atom stereocenters. The van der Waals surface area contributed by atoms with Crippen LogP contribution in [0.3, 0.4) is 0 Å². The van der Waals surface area contributed by atoms with E-state index in [0.29, 0.717) is 5.82 Å². The third kappa shape index (κ3) is 3.29. The van der Waals surface area contributed by atoms with E-state index in [1.807, 2.05) is 71.2 Å². The number of para-hydroxylation sites is 1. The second-order valence-corrected chi connectivity index (χ2v) is 6.98. The number of anilines is 1. The van der Waals surface area contributed by atoms with Gasteiger partial charge in [-0.25, -0.2) is 0 Å². The molecule has 4 aromatic rings. The summed E-state index contributed by atoms with van der Waals surface area (Å²) >= 11 is 0. The molecule has 0 atom stereocenters. The molecule has 1 fully saturated rings. The number of piperidine rings is 1. The van der Waals surface area contributed by atoms with Crippen LogP contribution in [0.1, 0.15) is 19.3 Å². The number of benzene rings is 2. The summed E-state index contributed by atoms with van der Waals surface area (Å²) in [6.07, 6.45) is 3.73. The Bertz CT molecular complexity index is 1090. The highest BCUT2D eigenvalue weighted by atomic mass is 16.5. The highest BCUT2D eigenvalue weighted by Gasteiger charge is 2.15. The van der Waals surface area contributed by atoms with Gasteiger partial charge in [0.2, 0.25) is 0 Å². The highest BCUT2D eigenvalue weighted by molar-refractivity contribution is 5.61. The zero-order valence-corrected chi connectivity index (χ0v) is 15.5. The first-order valence-corrected chi connectivity index (χ1v) is 9.68. The first-order valence-electron chi connectivity index (χ1n) is 9.68. The molecule has 2 aromatic heterocycles. The molecule has 0 amide bonds. The van der Waals surface area contributed by atoms with Gasteiger partial charge in [-0.2, -0.15) is 4.52 Å². The van der Waals surface area contributed by atoms with Crippen LogP contribution in [0.25, 0.3) is 17.0 Å². The number of fused-ring (bicyclic) bond motifs is 1. The van der Waals surface area contributed by atoms with E-state index >= 15 is 0 Å². The van der Waals surface area contributed by atoms with Crippen LogP contribution in [0, 0.1) is 0 Å². The molecule has 28 heavy (non-hydrogen) atoms. The van der Waals surface area contributed by atoms with Gasteiger partial charge in [-0.1, -0.05) is 30.3 Å². The smallest absolute Gasteiger partial charge is 0.185 e. The van der Waals surface area contributed by atoms with Gasteiger partial charge < -0.3 is 9.64 Å². The van der Waals surface area contributed by atoms with Gasteiger partial charge in [0.1, 0.15) is 17.3 Å². The molecule has 0 saturated carbocycles. The predicted molar refractivity (Wildman–Crippen MR) is 109 cm³/mol. The summed E-state index contributed by atoms with van der Waals surface area (Å²) in [4.78, 5) is 2.33. The number of ether oxygens (including phenoxy) is 1. The van der Waals surface area contributed by atoms with E-state index in [1.54, 1.807) is 0 Å². The Morgan fingerprint density at radius 2 is 1.57 bits per heavy atom. The van der Waals surface area contributed by atoms with Crippen molar-refractivity contribution < 1.29 is 4.74 Å². The monoisotopic (exact) mass is 371 g/mol. The van der Waals surface area contributed by atoms with E-state index in [4.69, 9.17) is 9.84 Å². The van der Waals surface area contributed by atoms with Crippen molar-refractivity contribution >= 4 is 11.5 Å². The van der Waals surface area contributed by atoms with Gasteiger partial charge in [0, 0.05) is 18.7 Å². The second-order valence-electron chi connectivity index (χ2n) is 6.98. The van der Waals surface area contributed by atoms with Gasteiger partial charge >= 0.3 is 0 Å². The highest BCUT2D eigenvalue weighted by Crippen LogP contribution is 2.27. The Hall–Kier alpha value is -3.41. The van der Waals surface area contributed by atoms with Crippen molar-refractivity contribution in [2.75, 3.05) is 18.0 Å². The molecule has 6 heteroatoms. The molecule has 1 aliphatic rings. The lowest BCUT2D eigenvalue weighted by molar-refractivity contribution is 0.483. The number of hydrogen-bond donors (Lipinski definition) is 0. The van der Waals surface area contributed by atoms with Crippen molar-refractivity contribution in [3.63, 3.8) is 0 Å². The molecule has 1 saturated heterocycles. The zero-order chi connectivity index (χ0) is 18.8. The normalized spacial score (nSPS) is 14.4. The molecule has 0 aliphatic carbocycles. The van der Waals surface area contributed by atoms with Crippen LogP contribution in [0.5, 0.6) is 11.5 Å². The quantitative estimate of drug-likeness (QED) is 0.526. The lowest BCUT2D eigenvalue weighted by Gasteiger charge is -2.27. The summed E-state index contributed by atoms with van der Waals surface area (Å²) in [5.41, 5.74) is 1.66. The molecule has 0 bridgehead atoms. The molecular formula is C22H21N5O. The van der Waals surface area contributed by atoms with Crippen molar-refractivity contribution in [1.82, 2.24) is 19.8 Å². The van der Waals surface area contributed by atoms with Crippen LogP contribution in [-0.4, -0.2) is 32.9 Å². The summed E-state index contributed by atoms with van der Waals surface area (Å²) in [6, 6.07) is 21.6. The van der Waals surface area contributed by atoms with Crippen molar-refractivity contribution in [2.24, 2.45) is 0 Å². The van der Waals surface area contributed by atoms with E-state index in [0.717, 1.165) is 41.6 Å². The fourth-order valence-corrected chi connectivity index (χ4v) is 3.57. The summed E-state index contributed by atoms with van der Waals surface area (Å²) in [5.74, 6) is 3.25. The molecular weight excluding hydrogens is 350 g/mol. The van der Waals surface area contributed by atoms with Crippen LogP contribution in [0.2, 0.25) is 0 Å². The van der Waals surface area contributed by atoms with Gasteiger partial charge in [-0.05, 0) is 55.7 Å². The van der Waals surface area contributed by atoms with Gasteiger partial charge in [0.25, 0.3) is 0 Å². The molecule has 3 heterocycles. The van der Waals surface area contributed by atoms with Crippen molar-refractivity contribution in [3.05, 3.63) is 66.7 Å². The number of nitrogens with zero attached hydrogens (tertiary/aromatic N) is 5. The van der Waals surface area contributed by atoms with Gasteiger partial charge in [-0.3, -0.25) is 0 Å². The van der Waals surface area contributed by atoms with Crippen LogP contribution in [0.4, 0.5) is 5.82 Å². The third-order valence-corrected chi connectivity index (χ3v) is 5.00. The first-order chi connectivity index (χ1) is 13.9. The van der Waals surface area contributed by atoms with Gasteiger partial charge in [0.05, 0.1) is 0 Å². The Morgan fingerprint density at radius 3 is 2.43 bits per heavy atom. The van der Waals surface area contributed by atoms with Gasteiger partial charge in [0.15, 0.2) is 11.5 Å². The number of hydrogen-bond acceptors (Lipinski definition) is 5. The van der Waals surface area contributed by atoms with Crippen molar-refractivity contribution in [3.8, 4) is 22.9 Å². The van der Waals surface area contributed by atoms with Crippen LogP contribution in [0.15, 0.2) is 66.7 Å². The maximum Gasteiger partial charge on any atom is 0.185 e. The van der Waals surface area contributed by atoms with Crippen LogP contribution in [-0.2, 0) is 0 Å². The minimum absolute atomic E-state index is 0.715. The molecule has 5 rings (SSSR count). The van der Waals surface area contributed by atoms with E-state index in [1.165, 1.54) is 19.3 Å². The molecule has 140 valence electrons. The van der Waals surface area contributed by atoms with E-state index < -0.39 is 0 Å². The lowest BCUT2D eigenvalue weighted by atomic mass is 10.1. The Balaban J connectivity index is 1.49. The van der Waals surface area contributed by atoms with Crippen molar-refractivity contribution in [1.29, 1.82) is 0 Å². The SMILES string of the molecule is c1ccc(Oc2cccc(-c3nnc4ccc(N5CCCCC5)nn34)c2)cc1. The zero-order valence-electron chi connectivity index (χ0n) is 15.5. The van der Waals surface area contributed by atoms with E-state index in [2.05, 4.69) is 15.1 Å². The standard InChI is InChI=1S/C22H21N5O/c1-3-9-18(10-4-1)28-19-11-7-8-17(16-19)22-24-23-20-12-13-21(25-27(20)22)26-14-5-2-6-15-26/h1,3-4,7-13,16H,2,5-6,14-15H2. The predicted octanol–water partition coefficient (Wildman–Crippen LogP) is 4.57. The average Bonchev–Trinajstić information content (AvgIpc) is 3.19. The van der Waals surface area contributed by atoms with Crippen LogP contribution < -0.4 is 9.64 Å². The summed E-state index contributed by atoms with van der Waals surface area (Å²) in [5, 5.41) is 13.5. The molecule has 0 spiro atoms. The molecule has 2 aromatic carbocycles. The molecule has 0 N–H and O–H groups in total. The summed E-state index contributed by atoms with van der Waals surface area (Å²) in [7, 11) is 0. The molecule has 0 radical (unpaired) electrons.